The zero-order valence-electron chi connectivity index (χ0n) is 21.6. The van der Waals surface area contributed by atoms with Gasteiger partial charge in [0.05, 0.1) is 47.9 Å². The third-order valence-corrected chi connectivity index (χ3v) is 7.22. The lowest BCUT2D eigenvalue weighted by Crippen LogP contribution is -2.73. The number of rotatable bonds is 9. The maximum Gasteiger partial charge on any atom is 0.416 e. The SMILES string of the molecule is C=C(/C=C\C=C/C)[C@]1(CO[C@H](C)c2cc(C(F)(F)F)cc(C(F)(F)F)c2)CC[C@]2(CC(N)=O)CN1CC(=O)N2. The minimum Gasteiger partial charge on any atom is -0.372 e. The van der Waals surface area contributed by atoms with Gasteiger partial charge in [0.25, 0.3) is 0 Å². The number of carbonyl (C=O) groups is 2. The Hall–Kier alpha value is -3.12. The van der Waals surface area contributed by atoms with Gasteiger partial charge in [0, 0.05) is 6.54 Å². The quantitative estimate of drug-likeness (QED) is 0.327. The Morgan fingerprint density at radius 1 is 1.15 bits per heavy atom. The second kappa shape index (κ2) is 11.2. The fourth-order valence-electron chi connectivity index (χ4n) is 5.17. The molecule has 0 aromatic heterocycles. The Morgan fingerprint density at radius 2 is 1.77 bits per heavy atom. The van der Waals surface area contributed by atoms with Crippen LogP contribution < -0.4 is 11.1 Å². The van der Waals surface area contributed by atoms with Crippen molar-refractivity contribution < 1.29 is 40.7 Å². The summed E-state index contributed by atoms with van der Waals surface area (Å²) in [6.45, 7) is 7.32. The smallest absolute Gasteiger partial charge is 0.372 e. The molecule has 2 fully saturated rings. The molecule has 6 nitrogen and oxygen atoms in total. The van der Waals surface area contributed by atoms with E-state index >= 15 is 0 Å². The summed E-state index contributed by atoms with van der Waals surface area (Å²) in [4.78, 5) is 26.2. The van der Waals surface area contributed by atoms with E-state index in [0.717, 1.165) is 0 Å². The maximum absolute atomic E-state index is 13.4. The van der Waals surface area contributed by atoms with Crippen molar-refractivity contribution in [2.45, 2.75) is 62.6 Å². The van der Waals surface area contributed by atoms with Gasteiger partial charge in [-0.3, -0.25) is 14.5 Å². The van der Waals surface area contributed by atoms with E-state index in [9.17, 15) is 35.9 Å². The third-order valence-electron chi connectivity index (χ3n) is 7.22. The molecule has 2 saturated heterocycles. The van der Waals surface area contributed by atoms with Crippen molar-refractivity contribution in [2.75, 3.05) is 19.7 Å². The van der Waals surface area contributed by atoms with Crippen LogP contribution >= 0.6 is 0 Å². The largest absolute Gasteiger partial charge is 0.416 e. The third kappa shape index (κ3) is 6.91. The van der Waals surface area contributed by atoms with E-state index in [0.29, 0.717) is 30.5 Å². The molecule has 0 spiro atoms. The molecule has 1 unspecified atom stereocenters. The molecular formula is C27H31F6N3O3. The number of carbonyl (C=O) groups excluding carboxylic acids is 2. The first kappa shape index (κ1) is 30.4. The average molecular weight is 560 g/mol. The first-order chi connectivity index (χ1) is 18.0. The summed E-state index contributed by atoms with van der Waals surface area (Å²) in [6, 6.07) is 1.35. The van der Waals surface area contributed by atoms with E-state index in [2.05, 4.69) is 11.9 Å². The Labute approximate surface area is 222 Å². The molecule has 0 aliphatic carbocycles. The topological polar surface area (TPSA) is 84.7 Å². The Kier molecular flexibility index (Phi) is 8.71. The molecule has 39 heavy (non-hydrogen) atoms. The average Bonchev–Trinajstić information content (AvgIpc) is 2.81. The van der Waals surface area contributed by atoms with Crippen LogP contribution in [0.2, 0.25) is 0 Å². The minimum atomic E-state index is -4.99. The zero-order chi connectivity index (χ0) is 29.2. The number of ether oxygens (including phenoxy) is 1. The number of benzene rings is 1. The van der Waals surface area contributed by atoms with Crippen LogP contribution in [-0.4, -0.2) is 47.5 Å². The van der Waals surface area contributed by atoms with Gasteiger partial charge in [-0.25, -0.2) is 0 Å². The molecule has 3 rings (SSSR count). The Bertz CT molecular complexity index is 1140. The number of hydrogen-bond donors (Lipinski definition) is 2. The van der Waals surface area contributed by atoms with Crippen LogP contribution in [0.5, 0.6) is 0 Å². The number of hydrogen-bond acceptors (Lipinski definition) is 4. The van der Waals surface area contributed by atoms with Crippen molar-refractivity contribution in [3.05, 3.63) is 71.3 Å². The van der Waals surface area contributed by atoms with Crippen LogP contribution in [0.3, 0.4) is 0 Å². The second-order valence-electron chi connectivity index (χ2n) is 10.1. The number of fused-ring (bicyclic) bond motifs is 2. The Balaban J connectivity index is 1.96. The summed E-state index contributed by atoms with van der Waals surface area (Å²) in [6.07, 6.45) is -3.58. The van der Waals surface area contributed by atoms with Gasteiger partial charge in [-0.05, 0) is 56.0 Å². The second-order valence-corrected chi connectivity index (χ2v) is 10.1. The van der Waals surface area contributed by atoms with Gasteiger partial charge in [-0.15, -0.1) is 0 Å². The summed E-state index contributed by atoms with van der Waals surface area (Å²) < 4.78 is 86.3. The number of nitrogens with one attached hydrogen (secondary N) is 1. The molecule has 2 aliphatic heterocycles. The number of nitrogens with zero attached hydrogens (tertiary/aromatic N) is 1. The van der Waals surface area contributed by atoms with E-state index in [-0.39, 0.29) is 43.7 Å². The molecule has 2 aliphatic rings. The zero-order valence-corrected chi connectivity index (χ0v) is 21.6. The highest BCUT2D eigenvalue weighted by Gasteiger charge is 2.53. The van der Waals surface area contributed by atoms with E-state index in [1.54, 1.807) is 29.2 Å². The van der Waals surface area contributed by atoms with Crippen molar-refractivity contribution in [3.63, 3.8) is 0 Å². The van der Waals surface area contributed by atoms with Crippen LogP contribution in [0.15, 0.2) is 54.7 Å². The molecule has 0 radical (unpaired) electrons. The van der Waals surface area contributed by atoms with E-state index in [4.69, 9.17) is 10.5 Å². The summed E-state index contributed by atoms with van der Waals surface area (Å²) in [5.41, 5.74) is 0.893. The summed E-state index contributed by atoms with van der Waals surface area (Å²) in [7, 11) is 0. The van der Waals surface area contributed by atoms with Crippen LogP contribution in [0, 0.1) is 0 Å². The lowest BCUT2D eigenvalue weighted by atomic mass is 9.72. The molecular weight excluding hydrogens is 528 g/mol. The molecule has 4 atom stereocenters. The number of alkyl halides is 6. The number of piperazine rings is 1. The first-order valence-electron chi connectivity index (χ1n) is 12.3. The maximum atomic E-state index is 13.4. The molecule has 12 heteroatoms. The molecule has 2 amide bonds. The molecule has 0 saturated carbocycles. The minimum absolute atomic E-state index is 0.0669. The van der Waals surface area contributed by atoms with Crippen molar-refractivity contribution in [3.8, 4) is 0 Å². The number of halogens is 6. The predicted octanol–water partition coefficient (Wildman–Crippen LogP) is 5.07. The standard InChI is InChI=1S/C27H31F6N3O3/c1-4-5-6-7-17(2)25(9-8-24(13-22(34)37)15-36(25)14-23(38)35-24)16-39-18(3)19-10-20(26(28,29)30)12-21(11-19)27(31,32)33/h4-7,10-12,18H,2,8-9,13-16H2,1,3H3,(H2,34,37)(H,35,38)/b5-4-,7-6-/t18-,24+,25-/m1/s1. The van der Waals surface area contributed by atoms with Crippen molar-refractivity contribution in [1.82, 2.24) is 10.2 Å². The van der Waals surface area contributed by atoms with E-state index < -0.39 is 46.6 Å². The number of amides is 2. The highest BCUT2D eigenvalue weighted by Crippen LogP contribution is 2.43. The van der Waals surface area contributed by atoms with Crippen LogP contribution in [-0.2, 0) is 26.7 Å². The summed E-state index contributed by atoms with van der Waals surface area (Å²) in [5.74, 6) is -0.941. The monoisotopic (exact) mass is 559 g/mol. The molecule has 2 bridgehead atoms. The molecule has 1 aromatic carbocycles. The molecule has 2 heterocycles. The molecule has 3 N–H and O–H groups in total. The van der Waals surface area contributed by atoms with Crippen LogP contribution in [0.25, 0.3) is 0 Å². The molecule has 214 valence electrons. The lowest BCUT2D eigenvalue weighted by Gasteiger charge is -2.57. The van der Waals surface area contributed by atoms with E-state index in [1.165, 1.54) is 6.92 Å². The van der Waals surface area contributed by atoms with Crippen molar-refractivity contribution in [2.24, 2.45) is 5.73 Å². The van der Waals surface area contributed by atoms with Gasteiger partial charge in [-0.1, -0.05) is 30.9 Å². The number of piperidine rings is 1. The van der Waals surface area contributed by atoms with Crippen molar-refractivity contribution >= 4 is 11.8 Å². The number of primary amides is 1. The lowest BCUT2D eigenvalue weighted by molar-refractivity contribution is -0.143. The predicted molar refractivity (Wildman–Crippen MR) is 132 cm³/mol. The normalized spacial score (nSPS) is 26.6. The highest BCUT2D eigenvalue weighted by molar-refractivity contribution is 5.83. The van der Waals surface area contributed by atoms with Crippen LogP contribution in [0.4, 0.5) is 26.3 Å². The fourth-order valence-corrected chi connectivity index (χ4v) is 5.17. The van der Waals surface area contributed by atoms with Gasteiger partial charge >= 0.3 is 12.4 Å². The fraction of sp³-hybridized carbons (Fsp3) is 0.481. The Morgan fingerprint density at radius 3 is 2.31 bits per heavy atom. The van der Waals surface area contributed by atoms with Crippen molar-refractivity contribution in [1.29, 1.82) is 0 Å². The summed E-state index contributed by atoms with van der Waals surface area (Å²) in [5, 5.41) is 2.86. The van der Waals surface area contributed by atoms with Gasteiger partial charge in [0.1, 0.15) is 0 Å². The number of nitrogens with two attached hydrogens (primary N) is 1. The van der Waals surface area contributed by atoms with Gasteiger partial charge < -0.3 is 15.8 Å². The van der Waals surface area contributed by atoms with Gasteiger partial charge in [0.15, 0.2) is 0 Å². The van der Waals surface area contributed by atoms with Gasteiger partial charge in [0.2, 0.25) is 11.8 Å². The van der Waals surface area contributed by atoms with E-state index in [1.807, 2.05) is 6.92 Å². The molecule has 1 aromatic rings. The summed E-state index contributed by atoms with van der Waals surface area (Å²) >= 11 is 0. The van der Waals surface area contributed by atoms with Gasteiger partial charge in [-0.2, -0.15) is 26.3 Å². The first-order valence-corrected chi connectivity index (χ1v) is 12.3. The number of allylic oxidation sites excluding steroid dienone is 3. The highest BCUT2D eigenvalue weighted by atomic mass is 19.4. The van der Waals surface area contributed by atoms with Crippen LogP contribution in [0.1, 0.15) is 55.9 Å².